The molecule has 0 unspecified atom stereocenters. The highest BCUT2D eigenvalue weighted by Crippen LogP contribution is 2.30. The summed E-state index contributed by atoms with van der Waals surface area (Å²) < 4.78 is 17.4. The predicted octanol–water partition coefficient (Wildman–Crippen LogP) is 3.21. The molecule has 2 aromatic carbocycles. The summed E-state index contributed by atoms with van der Waals surface area (Å²) in [5, 5.41) is 12.6. The summed E-state index contributed by atoms with van der Waals surface area (Å²) in [5.41, 5.74) is 2.82. The van der Waals surface area contributed by atoms with E-state index in [1.165, 1.54) is 13.3 Å². The zero-order valence-corrected chi connectivity index (χ0v) is 17.8. The van der Waals surface area contributed by atoms with Crippen LogP contribution < -0.4 is 19.6 Å². The van der Waals surface area contributed by atoms with Gasteiger partial charge in [-0.15, -0.1) is 0 Å². The molecule has 28 heavy (non-hydrogen) atoms. The molecular weight excluding hydrogens is 500 g/mol. The number of hydrazone groups is 1. The van der Waals surface area contributed by atoms with Gasteiger partial charge in [-0.2, -0.15) is 5.10 Å². The maximum absolute atomic E-state index is 11.9. The first-order chi connectivity index (χ1) is 13.4. The minimum absolute atomic E-state index is 0.268. The van der Waals surface area contributed by atoms with E-state index in [-0.39, 0.29) is 6.61 Å². The number of hydrogen-bond acceptors (Lipinski definition) is 6. The number of aliphatic carboxylic acids is 1. The molecule has 0 radical (unpaired) electrons. The van der Waals surface area contributed by atoms with Crippen LogP contribution >= 0.6 is 31.9 Å². The molecule has 0 saturated heterocycles. The third-order valence-corrected chi connectivity index (χ3v) is 4.19. The van der Waals surface area contributed by atoms with Crippen LogP contribution in [0.1, 0.15) is 5.56 Å². The van der Waals surface area contributed by atoms with E-state index in [0.29, 0.717) is 22.8 Å². The van der Waals surface area contributed by atoms with E-state index >= 15 is 0 Å². The molecule has 0 heterocycles. The van der Waals surface area contributed by atoms with E-state index in [1.54, 1.807) is 36.4 Å². The van der Waals surface area contributed by atoms with E-state index < -0.39 is 18.5 Å². The van der Waals surface area contributed by atoms with Crippen molar-refractivity contribution in [3.63, 3.8) is 0 Å². The van der Waals surface area contributed by atoms with Crippen LogP contribution in [0.4, 0.5) is 0 Å². The van der Waals surface area contributed by atoms with E-state index in [2.05, 4.69) is 42.4 Å². The van der Waals surface area contributed by atoms with Gasteiger partial charge in [-0.05, 0) is 36.4 Å². The van der Waals surface area contributed by atoms with Crippen molar-refractivity contribution in [3.05, 3.63) is 50.9 Å². The van der Waals surface area contributed by atoms with Gasteiger partial charge in [0, 0.05) is 14.5 Å². The summed E-state index contributed by atoms with van der Waals surface area (Å²) in [7, 11) is 1.50. The number of carbonyl (C=O) groups excluding carboxylic acids is 1. The number of hydrogen-bond donors (Lipinski definition) is 2. The molecule has 8 nitrogen and oxygen atoms in total. The Labute approximate surface area is 177 Å². The normalized spacial score (nSPS) is 10.5. The third-order valence-electron chi connectivity index (χ3n) is 3.20. The zero-order valence-electron chi connectivity index (χ0n) is 14.6. The Morgan fingerprint density at radius 2 is 1.68 bits per heavy atom. The number of rotatable bonds is 9. The maximum atomic E-state index is 11.9. The molecule has 0 saturated carbocycles. The minimum atomic E-state index is -1.10. The zero-order chi connectivity index (χ0) is 20.5. The lowest BCUT2D eigenvalue weighted by atomic mass is 10.2. The quantitative estimate of drug-likeness (QED) is 0.392. The van der Waals surface area contributed by atoms with Crippen LogP contribution in [-0.2, 0) is 9.59 Å². The van der Waals surface area contributed by atoms with Crippen LogP contribution in [0.15, 0.2) is 50.4 Å². The standard InChI is InChI=1S/C18H16Br2N2O6/c1-26-16-7-13(20)3-5-15(16)27-9-17(23)22-21-8-11-6-12(19)2-4-14(11)28-10-18(24)25/h2-8H,9-10H2,1H3,(H,22,23)(H,24,25). The number of nitrogens with one attached hydrogen (secondary N) is 1. The highest BCUT2D eigenvalue weighted by Gasteiger charge is 2.08. The van der Waals surface area contributed by atoms with Gasteiger partial charge in [-0.1, -0.05) is 31.9 Å². The molecule has 0 fully saturated rings. The average Bonchev–Trinajstić information content (AvgIpc) is 2.66. The Kier molecular flexibility index (Phi) is 8.27. The second kappa shape index (κ2) is 10.7. The fraction of sp³-hybridized carbons (Fsp3) is 0.167. The van der Waals surface area contributed by atoms with E-state index in [4.69, 9.17) is 19.3 Å². The Morgan fingerprint density at radius 3 is 2.36 bits per heavy atom. The molecule has 2 N–H and O–H groups in total. The van der Waals surface area contributed by atoms with Crippen molar-refractivity contribution in [3.8, 4) is 17.2 Å². The highest BCUT2D eigenvalue weighted by molar-refractivity contribution is 9.10. The summed E-state index contributed by atoms with van der Waals surface area (Å²) >= 11 is 6.63. The van der Waals surface area contributed by atoms with Gasteiger partial charge >= 0.3 is 5.97 Å². The number of nitrogens with zero attached hydrogens (tertiary/aromatic N) is 1. The molecule has 0 aliphatic heterocycles. The van der Waals surface area contributed by atoms with Gasteiger partial charge < -0.3 is 19.3 Å². The molecule has 10 heteroatoms. The van der Waals surface area contributed by atoms with Crippen LogP contribution in [0.2, 0.25) is 0 Å². The van der Waals surface area contributed by atoms with Gasteiger partial charge in [-0.3, -0.25) is 4.79 Å². The molecule has 0 aromatic heterocycles. The Bertz CT molecular complexity index is 888. The third kappa shape index (κ3) is 6.86. The number of carboxylic acid groups (broad SMARTS) is 1. The number of halogens is 2. The van der Waals surface area contributed by atoms with E-state index in [1.807, 2.05) is 0 Å². The van der Waals surface area contributed by atoms with Crippen LogP contribution in [0.3, 0.4) is 0 Å². The summed E-state index contributed by atoms with van der Waals surface area (Å²) in [5.74, 6) is -0.357. The Morgan fingerprint density at radius 1 is 1.04 bits per heavy atom. The molecule has 0 atom stereocenters. The second-order valence-corrected chi connectivity index (χ2v) is 7.07. The lowest BCUT2D eigenvalue weighted by Crippen LogP contribution is -2.24. The van der Waals surface area contributed by atoms with Crippen molar-refractivity contribution in [1.82, 2.24) is 5.43 Å². The number of methoxy groups -OCH3 is 1. The average molecular weight is 516 g/mol. The molecule has 0 aliphatic rings. The lowest BCUT2D eigenvalue weighted by molar-refractivity contribution is -0.139. The molecule has 1 amide bonds. The molecule has 0 aliphatic carbocycles. The van der Waals surface area contributed by atoms with Crippen LogP contribution in [0.5, 0.6) is 17.2 Å². The van der Waals surface area contributed by atoms with Crippen molar-refractivity contribution >= 4 is 50.0 Å². The van der Waals surface area contributed by atoms with Crippen LogP contribution in [0, 0.1) is 0 Å². The molecule has 0 spiro atoms. The molecule has 2 aromatic rings. The summed E-state index contributed by atoms with van der Waals surface area (Å²) in [6, 6.07) is 10.1. The molecule has 2 rings (SSSR count). The fourth-order valence-corrected chi connectivity index (χ4v) is 2.72. The van der Waals surface area contributed by atoms with Crippen LogP contribution in [-0.4, -0.2) is 43.5 Å². The monoisotopic (exact) mass is 514 g/mol. The second-order valence-electron chi connectivity index (χ2n) is 5.24. The predicted molar refractivity (Wildman–Crippen MR) is 109 cm³/mol. The Hall–Kier alpha value is -2.59. The van der Waals surface area contributed by atoms with Crippen molar-refractivity contribution in [2.45, 2.75) is 0 Å². The number of amides is 1. The molecular formula is C18H16Br2N2O6. The lowest BCUT2D eigenvalue weighted by Gasteiger charge is -2.10. The van der Waals surface area contributed by atoms with Crippen molar-refractivity contribution in [1.29, 1.82) is 0 Å². The number of carbonyl (C=O) groups is 2. The topological polar surface area (TPSA) is 106 Å². The largest absolute Gasteiger partial charge is 0.493 e. The van der Waals surface area contributed by atoms with E-state index in [9.17, 15) is 9.59 Å². The first-order valence-corrected chi connectivity index (χ1v) is 9.40. The number of benzene rings is 2. The highest BCUT2D eigenvalue weighted by atomic mass is 79.9. The molecule has 148 valence electrons. The van der Waals surface area contributed by atoms with Gasteiger partial charge in [0.2, 0.25) is 0 Å². The van der Waals surface area contributed by atoms with Crippen molar-refractivity contribution in [2.24, 2.45) is 5.10 Å². The SMILES string of the molecule is COc1cc(Br)ccc1OCC(=O)NN=Cc1cc(Br)ccc1OCC(=O)O. The van der Waals surface area contributed by atoms with Gasteiger partial charge in [0.05, 0.1) is 13.3 Å². The van der Waals surface area contributed by atoms with Gasteiger partial charge in [0.25, 0.3) is 5.91 Å². The van der Waals surface area contributed by atoms with Crippen molar-refractivity contribution < 1.29 is 28.9 Å². The molecule has 0 bridgehead atoms. The van der Waals surface area contributed by atoms with E-state index in [0.717, 1.165) is 8.95 Å². The smallest absolute Gasteiger partial charge is 0.341 e. The van der Waals surface area contributed by atoms with Crippen molar-refractivity contribution in [2.75, 3.05) is 20.3 Å². The summed E-state index contributed by atoms with van der Waals surface area (Å²) in [6.07, 6.45) is 1.35. The first-order valence-electron chi connectivity index (χ1n) is 7.81. The van der Waals surface area contributed by atoms with Gasteiger partial charge in [0.15, 0.2) is 24.7 Å². The maximum Gasteiger partial charge on any atom is 0.341 e. The first kappa shape index (κ1) is 21.7. The Balaban J connectivity index is 1.94. The minimum Gasteiger partial charge on any atom is -0.493 e. The fourth-order valence-electron chi connectivity index (χ4n) is 2.00. The number of carboxylic acids is 1. The van der Waals surface area contributed by atoms with Gasteiger partial charge in [0.1, 0.15) is 5.75 Å². The summed E-state index contributed by atoms with van der Waals surface area (Å²) in [6.45, 7) is -0.756. The summed E-state index contributed by atoms with van der Waals surface area (Å²) in [4.78, 5) is 22.6. The van der Waals surface area contributed by atoms with Gasteiger partial charge in [-0.25, -0.2) is 10.2 Å². The van der Waals surface area contributed by atoms with Crippen LogP contribution in [0.25, 0.3) is 0 Å². The number of ether oxygens (including phenoxy) is 3.